The van der Waals surface area contributed by atoms with Gasteiger partial charge in [0.1, 0.15) is 28.2 Å². The molecule has 38 heavy (non-hydrogen) atoms. The van der Waals surface area contributed by atoms with E-state index in [0.29, 0.717) is 22.5 Å². The lowest BCUT2D eigenvalue weighted by Crippen LogP contribution is -2.36. The summed E-state index contributed by atoms with van der Waals surface area (Å²) in [5, 5.41) is 21.0. The van der Waals surface area contributed by atoms with Gasteiger partial charge in [-0.2, -0.15) is 10.1 Å². The number of aryl methyl sites for hydroxylation is 1. The molecule has 2 aliphatic heterocycles. The third kappa shape index (κ3) is 5.17. The summed E-state index contributed by atoms with van der Waals surface area (Å²) in [7, 11) is 0. The molecule has 2 N–H and O–H groups in total. The summed E-state index contributed by atoms with van der Waals surface area (Å²) in [6.45, 7) is 6.37. The van der Waals surface area contributed by atoms with Crippen LogP contribution >= 0.6 is 11.3 Å². The zero-order valence-corrected chi connectivity index (χ0v) is 21.7. The van der Waals surface area contributed by atoms with Crippen LogP contribution in [-0.4, -0.2) is 67.7 Å². The number of aliphatic hydroxyl groups is 1. The van der Waals surface area contributed by atoms with Crippen molar-refractivity contribution < 1.29 is 9.84 Å². The van der Waals surface area contributed by atoms with Crippen LogP contribution in [0.2, 0.25) is 0 Å². The summed E-state index contributed by atoms with van der Waals surface area (Å²) in [6.07, 6.45) is 6.09. The Kier molecular flexibility index (Phi) is 6.63. The summed E-state index contributed by atoms with van der Waals surface area (Å²) >= 11 is 1.37. The lowest BCUT2D eigenvalue weighted by Gasteiger charge is -2.29. The molecule has 6 heterocycles. The van der Waals surface area contributed by atoms with Crippen LogP contribution in [0.4, 0.5) is 29.1 Å². The molecule has 4 aromatic rings. The molecule has 1 atom stereocenters. The number of anilines is 5. The van der Waals surface area contributed by atoms with Gasteiger partial charge in [-0.15, -0.1) is 11.3 Å². The van der Waals surface area contributed by atoms with E-state index in [4.69, 9.17) is 9.72 Å². The van der Waals surface area contributed by atoms with Gasteiger partial charge >= 0.3 is 0 Å². The maximum atomic E-state index is 10.7. The van der Waals surface area contributed by atoms with Crippen LogP contribution in [0.3, 0.4) is 0 Å². The molecule has 11 nitrogen and oxygen atoms in total. The Balaban J connectivity index is 1.22. The topological polar surface area (TPSA) is 117 Å². The van der Waals surface area contributed by atoms with Crippen LogP contribution in [0.25, 0.3) is 0 Å². The minimum atomic E-state index is -1.34. The summed E-state index contributed by atoms with van der Waals surface area (Å²) < 4.78 is 7.39. The lowest BCUT2D eigenvalue weighted by molar-refractivity contribution is 0.121. The zero-order valence-electron chi connectivity index (χ0n) is 20.9. The van der Waals surface area contributed by atoms with Gasteiger partial charge in [-0.25, -0.2) is 19.6 Å². The smallest absolute Gasteiger partial charge is 0.230 e. The Morgan fingerprint density at radius 2 is 1.92 bits per heavy atom. The Morgan fingerprint density at radius 3 is 2.76 bits per heavy atom. The molecule has 1 saturated heterocycles. The average molecular weight is 530 g/mol. The average Bonchev–Trinajstić information content (AvgIpc) is 3.64. The number of hydrogen-bond donors (Lipinski definition) is 2. The summed E-state index contributed by atoms with van der Waals surface area (Å²) in [5.74, 6) is 8.72. The van der Waals surface area contributed by atoms with Gasteiger partial charge in [-0.3, -0.25) is 0 Å². The molecular weight excluding hydrogens is 502 g/mol. The molecular formula is C26H27N9O2S. The second kappa shape index (κ2) is 10.4. The fraction of sp³-hybridized carbons (Fsp3) is 0.346. The van der Waals surface area contributed by atoms with Gasteiger partial charge in [0, 0.05) is 68.0 Å². The molecule has 1 fully saturated rings. The van der Waals surface area contributed by atoms with Crippen LogP contribution < -0.4 is 15.1 Å². The van der Waals surface area contributed by atoms with Crippen LogP contribution in [0.15, 0.2) is 48.2 Å². The first-order chi connectivity index (χ1) is 18.5. The number of nitrogens with one attached hydrogen (secondary N) is 1. The van der Waals surface area contributed by atoms with E-state index in [9.17, 15) is 5.11 Å². The predicted octanol–water partition coefficient (Wildman–Crippen LogP) is 2.91. The van der Waals surface area contributed by atoms with E-state index < -0.39 is 5.60 Å². The molecule has 1 unspecified atom stereocenters. The minimum Gasteiger partial charge on any atom is -0.378 e. The van der Waals surface area contributed by atoms with Crippen molar-refractivity contribution in [3.8, 4) is 11.8 Å². The number of hydrogen-bond acceptors (Lipinski definition) is 11. The highest BCUT2D eigenvalue weighted by Gasteiger charge is 2.25. The van der Waals surface area contributed by atoms with Gasteiger partial charge in [0.2, 0.25) is 5.95 Å². The number of thiazole rings is 1. The second-order valence-corrected chi connectivity index (χ2v) is 10.0. The molecule has 0 aliphatic carbocycles. The quantitative estimate of drug-likeness (QED) is 0.374. The summed E-state index contributed by atoms with van der Waals surface area (Å²) in [6, 6.07) is 7.80. The van der Waals surface area contributed by atoms with Gasteiger partial charge in [0.05, 0.1) is 13.2 Å². The maximum Gasteiger partial charge on any atom is 0.230 e. The molecule has 0 spiro atoms. The van der Waals surface area contributed by atoms with E-state index in [1.54, 1.807) is 25.5 Å². The maximum absolute atomic E-state index is 10.7. The van der Waals surface area contributed by atoms with Crippen molar-refractivity contribution in [1.82, 2.24) is 29.7 Å². The van der Waals surface area contributed by atoms with Crippen molar-refractivity contribution in [2.45, 2.75) is 25.5 Å². The molecule has 194 valence electrons. The number of nitrogens with zero attached hydrogens (tertiary/aromatic N) is 8. The van der Waals surface area contributed by atoms with Crippen LogP contribution in [-0.2, 0) is 16.9 Å². The summed E-state index contributed by atoms with van der Waals surface area (Å²) in [4.78, 5) is 22.2. The number of fused-ring (bicyclic) bond motifs is 1. The van der Waals surface area contributed by atoms with E-state index in [1.165, 1.54) is 11.3 Å². The standard InChI is InChI=1S/C26H27N9O2S/c1-26(36,24-28-9-16-38-24)6-3-19-17-23-34(10-2-11-35(23)32-19)22-5-8-29-25(31-22)30-21-18-20(4-7-27-21)33-12-14-37-15-13-33/h4-5,7-9,16-18,36H,2,10-15H2,1H3,(H,27,29,30,31). The van der Waals surface area contributed by atoms with E-state index in [-0.39, 0.29) is 0 Å². The van der Waals surface area contributed by atoms with Crippen molar-refractivity contribution in [2.75, 3.05) is 48.0 Å². The van der Waals surface area contributed by atoms with Gasteiger partial charge in [0.25, 0.3) is 0 Å². The van der Waals surface area contributed by atoms with Crippen molar-refractivity contribution in [3.05, 3.63) is 58.9 Å². The fourth-order valence-corrected chi connectivity index (χ4v) is 5.11. The van der Waals surface area contributed by atoms with Crippen molar-refractivity contribution in [1.29, 1.82) is 0 Å². The number of pyridine rings is 1. The summed E-state index contributed by atoms with van der Waals surface area (Å²) in [5.41, 5.74) is 0.336. The number of ether oxygens (including phenoxy) is 1. The Hall–Kier alpha value is -4.05. The zero-order chi connectivity index (χ0) is 26.0. The number of morpholine rings is 1. The van der Waals surface area contributed by atoms with Crippen LogP contribution in [0.1, 0.15) is 24.0 Å². The largest absolute Gasteiger partial charge is 0.378 e. The van der Waals surface area contributed by atoms with Crippen molar-refractivity contribution in [3.63, 3.8) is 0 Å². The van der Waals surface area contributed by atoms with Crippen molar-refractivity contribution in [2.24, 2.45) is 0 Å². The van der Waals surface area contributed by atoms with Gasteiger partial charge in [-0.1, -0.05) is 5.92 Å². The number of aromatic nitrogens is 6. The third-order valence-corrected chi connectivity index (χ3v) is 7.33. The van der Waals surface area contributed by atoms with Crippen LogP contribution in [0.5, 0.6) is 0 Å². The van der Waals surface area contributed by atoms with Gasteiger partial charge in [0.15, 0.2) is 5.60 Å². The SMILES string of the molecule is CC(O)(C#Cc1cc2n(n1)CCCN2c1ccnc(Nc2cc(N3CCOCC3)ccn2)n1)c1nccs1. The fourth-order valence-electron chi connectivity index (χ4n) is 4.46. The second-order valence-electron chi connectivity index (χ2n) is 9.14. The van der Waals surface area contributed by atoms with Crippen molar-refractivity contribution >= 4 is 40.4 Å². The molecule has 0 saturated carbocycles. The molecule has 0 bridgehead atoms. The predicted molar refractivity (Wildman–Crippen MR) is 145 cm³/mol. The minimum absolute atomic E-state index is 0.463. The molecule has 12 heteroatoms. The monoisotopic (exact) mass is 529 g/mol. The third-order valence-electron chi connectivity index (χ3n) is 6.35. The molecule has 0 aromatic carbocycles. The first kappa shape index (κ1) is 24.3. The van der Waals surface area contributed by atoms with Gasteiger partial charge in [-0.05, 0) is 31.4 Å². The molecule has 0 amide bonds. The highest BCUT2D eigenvalue weighted by atomic mass is 32.1. The van der Waals surface area contributed by atoms with E-state index in [1.807, 2.05) is 34.3 Å². The highest BCUT2D eigenvalue weighted by Crippen LogP contribution is 2.30. The molecule has 6 rings (SSSR count). The highest BCUT2D eigenvalue weighted by molar-refractivity contribution is 7.09. The first-order valence-corrected chi connectivity index (χ1v) is 13.3. The van der Waals surface area contributed by atoms with E-state index >= 15 is 0 Å². The molecule has 4 aromatic heterocycles. The Morgan fingerprint density at radius 1 is 1.05 bits per heavy atom. The molecule has 2 aliphatic rings. The van der Waals surface area contributed by atoms with E-state index in [0.717, 1.165) is 63.1 Å². The first-order valence-electron chi connectivity index (χ1n) is 12.4. The van der Waals surface area contributed by atoms with Crippen LogP contribution in [0, 0.1) is 11.8 Å². The molecule has 0 radical (unpaired) electrons. The lowest BCUT2D eigenvalue weighted by atomic mass is 10.1. The number of rotatable bonds is 5. The van der Waals surface area contributed by atoms with Gasteiger partial charge < -0.3 is 25.0 Å². The Labute approximate surface area is 224 Å². The normalized spacial score (nSPS) is 16.8. The Bertz CT molecular complexity index is 1470. The van der Waals surface area contributed by atoms with E-state index in [2.05, 4.69) is 47.0 Å².